The van der Waals surface area contributed by atoms with Crippen LogP contribution in [0.5, 0.6) is 0 Å². The summed E-state index contributed by atoms with van der Waals surface area (Å²) in [6.07, 6.45) is 2.34. The minimum absolute atomic E-state index is 0.0801. The first-order chi connectivity index (χ1) is 10.2. The Hall–Kier alpha value is -1.08. The number of likely N-dealkylation sites (tertiary alicyclic amines) is 1. The van der Waals surface area contributed by atoms with E-state index in [1.807, 2.05) is 21.2 Å². The predicted octanol–water partition coefficient (Wildman–Crippen LogP) is 2.96. The molecule has 0 N–H and O–H groups in total. The average Bonchev–Trinajstić information content (AvgIpc) is 2.93. The van der Waals surface area contributed by atoms with Gasteiger partial charge in [-0.25, -0.2) is 4.79 Å². The van der Waals surface area contributed by atoms with Crippen molar-refractivity contribution in [2.75, 3.05) is 26.2 Å². The standard InChI is InChI=1S/C14H17BrN2O3S/c15-11-4-9-21-12(11)13(18)16-6-2-10(3-7-16)17-5-1-8-20-14(17)19/h4,9-10H,1-3,5-8H2. The monoisotopic (exact) mass is 372 g/mol. The van der Waals surface area contributed by atoms with Gasteiger partial charge in [0.2, 0.25) is 0 Å². The molecule has 2 aliphatic rings. The van der Waals surface area contributed by atoms with E-state index in [1.54, 1.807) is 0 Å². The summed E-state index contributed by atoms with van der Waals surface area (Å²) >= 11 is 4.87. The molecule has 0 atom stereocenters. The summed E-state index contributed by atoms with van der Waals surface area (Å²) in [5.74, 6) is 0.0801. The lowest BCUT2D eigenvalue weighted by atomic mass is 10.0. The van der Waals surface area contributed by atoms with E-state index in [-0.39, 0.29) is 18.0 Å². The van der Waals surface area contributed by atoms with Gasteiger partial charge in [-0.15, -0.1) is 11.3 Å². The summed E-state index contributed by atoms with van der Waals surface area (Å²) in [6.45, 7) is 2.68. The third-order valence-corrected chi connectivity index (χ3v) is 5.83. The predicted molar refractivity (Wildman–Crippen MR) is 83.6 cm³/mol. The zero-order chi connectivity index (χ0) is 14.8. The Kier molecular flexibility index (Phi) is 4.49. The molecule has 0 radical (unpaired) electrons. The van der Waals surface area contributed by atoms with Crippen LogP contribution in [0.25, 0.3) is 0 Å². The van der Waals surface area contributed by atoms with Crippen molar-refractivity contribution in [3.8, 4) is 0 Å². The summed E-state index contributed by atoms with van der Waals surface area (Å²) in [6, 6.07) is 2.10. The Morgan fingerprint density at radius 1 is 1.33 bits per heavy atom. The number of nitrogens with zero attached hydrogens (tertiary/aromatic N) is 2. The quantitative estimate of drug-likeness (QED) is 0.801. The maximum atomic E-state index is 12.4. The summed E-state index contributed by atoms with van der Waals surface area (Å²) in [7, 11) is 0. The summed E-state index contributed by atoms with van der Waals surface area (Å²) in [5, 5.41) is 1.91. The fourth-order valence-electron chi connectivity index (χ4n) is 2.87. The molecule has 1 aromatic rings. The largest absolute Gasteiger partial charge is 0.449 e. The second-order valence-corrected chi connectivity index (χ2v) is 7.05. The number of rotatable bonds is 2. The van der Waals surface area contributed by atoms with Crippen molar-refractivity contribution in [1.82, 2.24) is 9.80 Å². The molecule has 0 unspecified atom stereocenters. The normalized spacial score (nSPS) is 20.5. The number of carbonyl (C=O) groups excluding carboxylic acids is 2. The summed E-state index contributed by atoms with van der Waals surface area (Å²) < 4.78 is 5.95. The SMILES string of the molecule is O=C(c1sccc1Br)N1CCC(N2CCCOC2=O)CC1. The van der Waals surface area contributed by atoms with E-state index in [4.69, 9.17) is 4.74 Å². The van der Waals surface area contributed by atoms with E-state index in [9.17, 15) is 9.59 Å². The number of ether oxygens (including phenoxy) is 1. The van der Waals surface area contributed by atoms with Crippen LogP contribution in [0.1, 0.15) is 28.9 Å². The van der Waals surface area contributed by atoms with E-state index >= 15 is 0 Å². The minimum Gasteiger partial charge on any atom is -0.449 e. The highest BCUT2D eigenvalue weighted by Gasteiger charge is 2.32. The highest BCUT2D eigenvalue weighted by atomic mass is 79.9. The molecule has 2 saturated heterocycles. The molecule has 2 amide bonds. The number of thiophene rings is 1. The van der Waals surface area contributed by atoms with Gasteiger partial charge in [0.05, 0.1) is 6.61 Å². The number of hydrogen-bond acceptors (Lipinski definition) is 4. The lowest BCUT2D eigenvalue weighted by molar-refractivity contribution is 0.0358. The molecular weight excluding hydrogens is 356 g/mol. The van der Waals surface area contributed by atoms with Crippen molar-refractivity contribution in [1.29, 1.82) is 0 Å². The highest BCUT2D eigenvalue weighted by molar-refractivity contribution is 9.10. The molecule has 21 heavy (non-hydrogen) atoms. The maximum Gasteiger partial charge on any atom is 0.410 e. The molecule has 0 spiro atoms. The molecule has 5 nitrogen and oxygen atoms in total. The van der Waals surface area contributed by atoms with E-state index in [0.717, 1.165) is 35.2 Å². The molecular formula is C14H17BrN2O3S. The first-order valence-electron chi connectivity index (χ1n) is 7.12. The van der Waals surface area contributed by atoms with E-state index in [0.29, 0.717) is 19.7 Å². The molecule has 0 aromatic carbocycles. The molecule has 0 saturated carbocycles. The Balaban J connectivity index is 1.59. The van der Waals surface area contributed by atoms with Gasteiger partial charge in [0.25, 0.3) is 5.91 Å². The second-order valence-electron chi connectivity index (χ2n) is 5.28. The lowest BCUT2D eigenvalue weighted by Gasteiger charge is -2.39. The molecule has 7 heteroatoms. The maximum absolute atomic E-state index is 12.4. The molecule has 114 valence electrons. The van der Waals surface area contributed by atoms with Gasteiger partial charge in [0.15, 0.2) is 0 Å². The van der Waals surface area contributed by atoms with Crippen LogP contribution in [0.3, 0.4) is 0 Å². The first-order valence-corrected chi connectivity index (χ1v) is 8.80. The van der Waals surface area contributed by atoms with Crippen molar-refractivity contribution in [2.24, 2.45) is 0 Å². The molecule has 2 fully saturated rings. The van der Waals surface area contributed by atoms with Crippen LogP contribution in [-0.2, 0) is 4.74 Å². The van der Waals surface area contributed by atoms with Crippen molar-refractivity contribution in [3.05, 3.63) is 20.8 Å². The number of carbonyl (C=O) groups is 2. The number of halogens is 1. The molecule has 1 aromatic heterocycles. The number of cyclic esters (lactones) is 1. The third-order valence-electron chi connectivity index (χ3n) is 4.01. The fraction of sp³-hybridized carbons (Fsp3) is 0.571. The number of hydrogen-bond donors (Lipinski definition) is 0. The highest BCUT2D eigenvalue weighted by Crippen LogP contribution is 2.27. The molecule has 0 bridgehead atoms. The minimum atomic E-state index is -0.202. The van der Waals surface area contributed by atoms with Gasteiger partial charge in [0, 0.05) is 30.1 Å². The van der Waals surface area contributed by atoms with E-state index < -0.39 is 0 Å². The topological polar surface area (TPSA) is 49.9 Å². The van der Waals surface area contributed by atoms with Gasteiger partial charge in [-0.1, -0.05) is 0 Å². The van der Waals surface area contributed by atoms with Crippen molar-refractivity contribution in [3.63, 3.8) is 0 Å². The third kappa shape index (κ3) is 3.08. The van der Waals surface area contributed by atoms with Crippen LogP contribution >= 0.6 is 27.3 Å². The molecule has 2 aliphatic heterocycles. The smallest absolute Gasteiger partial charge is 0.410 e. The van der Waals surface area contributed by atoms with Gasteiger partial charge in [-0.05, 0) is 46.6 Å². The summed E-state index contributed by atoms with van der Waals surface area (Å²) in [4.78, 5) is 28.6. The van der Waals surface area contributed by atoms with Crippen molar-refractivity contribution in [2.45, 2.75) is 25.3 Å². The second kappa shape index (κ2) is 6.36. The van der Waals surface area contributed by atoms with Crippen LogP contribution in [0.4, 0.5) is 4.79 Å². The Morgan fingerprint density at radius 2 is 2.10 bits per heavy atom. The zero-order valence-electron chi connectivity index (χ0n) is 11.6. The Labute approximate surface area is 136 Å². The van der Waals surface area contributed by atoms with Crippen LogP contribution in [0.2, 0.25) is 0 Å². The van der Waals surface area contributed by atoms with Crippen LogP contribution in [-0.4, -0.2) is 54.1 Å². The number of amides is 2. The van der Waals surface area contributed by atoms with Gasteiger partial charge in [0.1, 0.15) is 4.88 Å². The average molecular weight is 373 g/mol. The molecule has 0 aliphatic carbocycles. The van der Waals surface area contributed by atoms with Crippen LogP contribution in [0.15, 0.2) is 15.9 Å². The Bertz CT molecular complexity index is 540. The van der Waals surface area contributed by atoms with E-state index in [2.05, 4.69) is 15.9 Å². The fourth-order valence-corrected chi connectivity index (χ4v) is 4.38. The first kappa shape index (κ1) is 14.8. The van der Waals surface area contributed by atoms with Gasteiger partial charge in [-0.3, -0.25) is 4.79 Å². The van der Waals surface area contributed by atoms with Crippen LogP contribution in [0, 0.1) is 0 Å². The van der Waals surface area contributed by atoms with Crippen LogP contribution < -0.4 is 0 Å². The van der Waals surface area contributed by atoms with Gasteiger partial charge >= 0.3 is 6.09 Å². The summed E-state index contributed by atoms with van der Waals surface area (Å²) in [5.41, 5.74) is 0. The number of piperidine rings is 1. The lowest BCUT2D eigenvalue weighted by Crippen LogP contribution is -2.50. The van der Waals surface area contributed by atoms with Gasteiger partial charge in [-0.2, -0.15) is 0 Å². The molecule has 3 heterocycles. The molecule has 3 rings (SSSR count). The Morgan fingerprint density at radius 3 is 2.71 bits per heavy atom. The zero-order valence-corrected chi connectivity index (χ0v) is 14.0. The van der Waals surface area contributed by atoms with Crippen molar-refractivity contribution < 1.29 is 14.3 Å². The van der Waals surface area contributed by atoms with E-state index in [1.165, 1.54) is 11.3 Å². The van der Waals surface area contributed by atoms with Gasteiger partial charge < -0.3 is 14.5 Å². The van der Waals surface area contributed by atoms with Crippen molar-refractivity contribution >= 4 is 39.3 Å².